The summed E-state index contributed by atoms with van der Waals surface area (Å²) >= 11 is 0. The van der Waals surface area contributed by atoms with Crippen molar-refractivity contribution in [2.75, 3.05) is 13.7 Å². The van der Waals surface area contributed by atoms with Crippen molar-refractivity contribution in [1.29, 1.82) is 0 Å². The zero-order valence-electron chi connectivity index (χ0n) is 11.1. The van der Waals surface area contributed by atoms with Gasteiger partial charge in [-0.05, 0) is 32.1 Å². The molecule has 3 unspecified atom stereocenters. The van der Waals surface area contributed by atoms with Crippen LogP contribution in [-0.2, 0) is 9.53 Å². The molecule has 0 aromatic heterocycles. The number of ether oxygens (including phenoxy) is 1. The van der Waals surface area contributed by atoms with Crippen LogP contribution >= 0.6 is 0 Å². The highest BCUT2D eigenvalue weighted by Crippen LogP contribution is 2.22. The van der Waals surface area contributed by atoms with Crippen LogP contribution in [0.25, 0.3) is 0 Å². The van der Waals surface area contributed by atoms with Crippen molar-refractivity contribution in [3.05, 3.63) is 0 Å². The summed E-state index contributed by atoms with van der Waals surface area (Å²) in [5.41, 5.74) is 6.04. The number of carbonyl (C=O) groups excluding carboxylic acids is 1. The van der Waals surface area contributed by atoms with E-state index in [4.69, 9.17) is 10.5 Å². The van der Waals surface area contributed by atoms with Crippen LogP contribution in [0, 0.1) is 5.92 Å². The van der Waals surface area contributed by atoms with Crippen LogP contribution in [-0.4, -0.2) is 31.7 Å². The molecule has 0 aliphatic heterocycles. The van der Waals surface area contributed by atoms with Gasteiger partial charge in [0.1, 0.15) is 0 Å². The molecule has 1 amide bonds. The number of hydrogen-bond donors (Lipinski definition) is 2. The summed E-state index contributed by atoms with van der Waals surface area (Å²) in [4.78, 5) is 11.6. The first-order valence-corrected chi connectivity index (χ1v) is 6.68. The van der Waals surface area contributed by atoms with Crippen LogP contribution in [0.2, 0.25) is 0 Å². The third kappa shape index (κ3) is 5.50. The lowest BCUT2D eigenvalue weighted by Crippen LogP contribution is -2.41. The van der Waals surface area contributed by atoms with E-state index in [1.54, 1.807) is 7.11 Å². The molecule has 1 aliphatic rings. The van der Waals surface area contributed by atoms with Gasteiger partial charge in [-0.2, -0.15) is 0 Å². The lowest BCUT2D eigenvalue weighted by atomic mass is 9.85. The number of nitrogens with two attached hydrogens (primary N) is 1. The summed E-state index contributed by atoms with van der Waals surface area (Å²) in [6, 6.07) is 0.266. The maximum absolute atomic E-state index is 11.6. The van der Waals surface area contributed by atoms with Gasteiger partial charge in [0.15, 0.2) is 0 Å². The van der Waals surface area contributed by atoms with Gasteiger partial charge in [-0.1, -0.05) is 12.8 Å². The molecule has 0 radical (unpaired) electrons. The molecule has 1 aliphatic carbocycles. The highest BCUT2D eigenvalue weighted by atomic mass is 16.5. The Morgan fingerprint density at radius 3 is 2.82 bits per heavy atom. The molecule has 0 heterocycles. The fourth-order valence-corrected chi connectivity index (χ4v) is 2.28. The van der Waals surface area contributed by atoms with Crippen LogP contribution in [0.5, 0.6) is 0 Å². The van der Waals surface area contributed by atoms with Crippen molar-refractivity contribution in [1.82, 2.24) is 5.32 Å². The standard InChI is InChI=1S/C13H26N2O2/c1-10(17-2)7-8-13(16)15-9-11-5-3-4-6-12(11)14/h10-12H,3-9,14H2,1-2H3,(H,15,16). The smallest absolute Gasteiger partial charge is 0.220 e. The van der Waals surface area contributed by atoms with E-state index in [-0.39, 0.29) is 18.1 Å². The molecule has 4 heteroatoms. The lowest BCUT2D eigenvalue weighted by molar-refractivity contribution is -0.121. The second-order valence-corrected chi connectivity index (χ2v) is 5.10. The minimum atomic E-state index is 0.117. The summed E-state index contributed by atoms with van der Waals surface area (Å²) in [7, 11) is 1.67. The van der Waals surface area contributed by atoms with Crippen molar-refractivity contribution < 1.29 is 9.53 Å². The minimum Gasteiger partial charge on any atom is -0.382 e. The topological polar surface area (TPSA) is 64.3 Å². The van der Waals surface area contributed by atoms with Gasteiger partial charge in [0.2, 0.25) is 5.91 Å². The maximum Gasteiger partial charge on any atom is 0.220 e. The highest BCUT2D eigenvalue weighted by molar-refractivity contribution is 5.75. The molecule has 0 aromatic rings. The van der Waals surface area contributed by atoms with Crippen molar-refractivity contribution in [3.63, 3.8) is 0 Å². The lowest BCUT2D eigenvalue weighted by Gasteiger charge is -2.28. The Morgan fingerprint density at radius 2 is 2.18 bits per heavy atom. The van der Waals surface area contributed by atoms with E-state index < -0.39 is 0 Å². The average molecular weight is 242 g/mol. The first-order valence-electron chi connectivity index (χ1n) is 6.68. The van der Waals surface area contributed by atoms with Gasteiger partial charge >= 0.3 is 0 Å². The van der Waals surface area contributed by atoms with Gasteiger partial charge in [0.05, 0.1) is 6.10 Å². The van der Waals surface area contributed by atoms with Crippen molar-refractivity contribution in [3.8, 4) is 0 Å². The van der Waals surface area contributed by atoms with E-state index in [0.717, 1.165) is 25.8 Å². The van der Waals surface area contributed by atoms with E-state index in [2.05, 4.69) is 5.32 Å². The van der Waals surface area contributed by atoms with Gasteiger partial charge in [-0.15, -0.1) is 0 Å². The van der Waals surface area contributed by atoms with Crippen LogP contribution in [0.4, 0.5) is 0 Å². The normalized spacial score (nSPS) is 26.5. The number of carbonyl (C=O) groups is 1. The monoisotopic (exact) mass is 242 g/mol. The van der Waals surface area contributed by atoms with E-state index in [9.17, 15) is 4.79 Å². The van der Waals surface area contributed by atoms with Gasteiger partial charge in [0.25, 0.3) is 0 Å². The molecular weight excluding hydrogens is 216 g/mol. The Kier molecular flexibility index (Phi) is 6.52. The fraction of sp³-hybridized carbons (Fsp3) is 0.923. The fourth-order valence-electron chi connectivity index (χ4n) is 2.28. The molecule has 3 N–H and O–H groups in total. The maximum atomic E-state index is 11.6. The third-order valence-electron chi connectivity index (χ3n) is 3.71. The van der Waals surface area contributed by atoms with Crippen molar-refractivity contribution in [2.45, 2.75) is 57.6 Å². The zero-order chi connectivity index (χ0) is 12.7. The Labute approximate surface area is 104 Å². The first kappa shape index (κ1) is 14.5. The SMILES string of the molecule is COC(C)CCC(=O)NCC1CCCCC1N. The number of hydrogen-bond acceptors (Lipinski definition) is 3. The quantitative estimate of drug-likeness (QED) is 0.740. The van der Waals surface area contributed by atoms with Crippen LogP contribution in [0.15, 0.2) is 0 Å². The molecule has 0 spiro atoms. The molecule has 0 aromatic carbocycles. The number of methoxy groups -OCH3 is 1. The summed E-state index contributed by atoms with van der Waals surface area (Å²) in [5, 5.41) is 2.99. The molecular formula is C13H26N2O2. The molecule has 4 nitrogen and oxygen atoms in total. The number of rotatable bonds is 6. The second-order valence-electron chi connectivity index (χ2n) is 5.10. The molecule has 1 fully saturated rings. The average Bonchev–Trinajstić information content (AvgIpc) is 2.35. The zero-order valence-corrected chi connectivity index (χ0v) is 11.1. The van der Waals surface area contributed by atoms with Gasteiger partial charge in [0, 0.05) is 26.1 Å². The summed E-state index contributed by atoms with van der Waals surface area (Å²) in [5.74, 6) is 0.583. The predicted octanol–water partition coefficient (Wildman–Crippen LogP) is 1.44. The Balaban J connectivity index is 2.14. The molecule has 0 saturated heterocycles. The van der Waals surface area contributed by atoms with Crippen molar-refractivity contribution >= 4 is 5.91 Å². The summed E-state index contributed by atoms with van der Waals surface area (Å²) < 4.78 is 5.11. The molecule has 1 rings (SSSR count). The van der Waals surface area contributed by atoms with E-state index in [0.29, 0.717) is 12.3 Å². The van der Waals surface area contributed by atoms with E-state index in [1.165, 1.54) is 12.8 Å². The predicted molar refractivity (Wildman–Crippen MR) is 68.6 cm³/mol. The Bertz CT molecular complexity index is 233. The van der Waals surface area contributed by atoms with Gasteiger partial charge < -0.3 is 15.8 Å². The first-order chi connectivity index (χ1) is 8.13. The highest BCUT2D eigenvalue weighted by Gasteiger charge is 2.21. The van der Waals surface area contributed by atoms with E-state index in [1.807, 2.05) is 6.92 Å². The number of amides is 1. The second kappa shape index (κ2) is 7.67. The van der Waals surface area contributed by atoms with Crippen LogP contribution in [0.3, 0.4) is 0 Å². The molecule has 0 bridgehead atoms. The number of nitrogens with one attached hydrogen (secondary N) is 1. The molecule has 17 heavy (non-hydrogen) atoms. The summed E-state index contributed by atoms with van der Waals surface area (Å²) in [6.07, 6.45) is 6.19. The molecule has 3 atom stereocenters. The van der Waals surface area contributed by atoms with E-state index >= 15 is 0 Å². The molecule has 100 valence electrons. The third-order valence-corrected chi connectivity index (χ3v) is 3.71. The Morgan fingerprint density at radius 1 is 1.47 bits per heavy atom. The molecule has 1 saturated carbocycles. The Hall–Kier alpha value is -0.610. The van der Waals surface area contributed by atoms with Crippen LogP contribution in [0.1, 0.15) is 45.4 Å². The van der Waals surface area contributed by atoms with Gasteiger partial charge in [-0.3, -0.25) is 4.79 Å². The van der Waals surface area contributed by atoms with Crippen molar-refractivity contribution in [2.24, 2.45) is 11.7 Å². The minimum absolute atomic E-state index is 0.117. The van der Waals surface area contributed by atoms with Crippen LogP contribution < -0.4 is 11.1 Å². The summed E-state index contributed by atoms with van der Waals surface area (Å²) in [6.45, 7) is 2.71. The largest absolute Gasteiger partial charge is 0.382 e. The van der Waals surface area contributed by atoms with Gasteiger partial charge in [-0.25, -0.2) is 0 Å².